The van der Waals surface area contributed by atoms with Crippen LogP contribution >= 0.6 is 11.8 Å². The van der Waals surface area contributed by atoms with E-state index in [1.54, 1.807) is 18.2 Å². The number of pyridine rings is 1. The van der Waals surface area contributed by atoms with Crippen LogP contribution in [0.3, 0.4) is 0 Å². The van der Waals surface area contributed by atoms with Gasteiger partial charge in [-0.1, -0.05) is 17.8 Å². The zero-order valence-corrected chi connectivity index (χ0v) is 9.53. The van der Waals surface area contributed by atoms with Crippen LogP contribution in [0.1, 0.15) is 16.2 Å². The summed E-state index contributed by atoms with van der Waals surface area (Å²) >= 11 is 1.25. The van der Waals surface area contributed by atoms with Gasteiger partial charge in [0.2, 0.25) is 0 Å². The van der Waals surface area contributed by atoms with E-state index in [0.29, 0.717) is 11.4 Å². The van der Waals surface area contributed by atoms with E-state index in [2.05, 4.69) is 14.8 Å². The molecule has 0 aliphatic heterocycles. The average molecular weight is 240 g/mol. The van der Waals surface area contributed by atoms with Crippen molar-refractivity contribution in [3.63, 3.8) is 0 Å². The van der Waals surface area contributed by atoms with Crippen LogP contribution in [0.25, 0.3) is 0 Å². The summed E-state index contributed by atoms with van der Waals surface area (Å²) in [5.41, 5.74) is 6.39. The fraction of sp³-hybridized carbons (Fsp3) is 0.222. The normalized spacial score (nSPS) is 11.2. The van der Waals surface area contributed by atoms with E-state index in [9.17, 15) is 4.79 Å². The number of methoxy groups -OCH3 is 1. The minimum Gasteiger partial charge on any atom is -0.464 e. The SMILES string of the molecule is COC(=O)c1cccc(CS/C(N)=N/N)n1. The number of thioether (sulfide) groups is 1. The molecule has 16 heavy (non-hydrogen) atoms. The van der Waals surface area contributed by atoms with Gasteiger partial charge in [0.15, 0.2) is 5.17 Å². The van der Waals surface area contributed by atoms with Crippen LogP contribution in [-0.2, 0) is 10.5 Å². The number of hydrogen-bond acceptors (Lipinski definition) is 6. The molecule has 0 saturated carbocycles. The summed E-state index contributed by atoms with van der Waals surface area (Å²) < 4.78 is 4.56. The van der Waals surface area contributed by atoms with Crippen molar-refractivity contribution in [2.24, 2.45) is 16.7 Å². The predicted molar refractivity (Wildman–Crippen MR) is 62.7 cm³/mol. The van der Waals surface area contributed by atoms with Crippen molar-refractivity contribution in [2.45, 2.75) is 5.75 Å². The Balaban J connectivity index is 2.71. The molecule has 0 aromatic carbocycles. The van der Waals surface area contributed by atoms with Gasteiger partial charge in [0.25, 0.3) is 0 Å². The lowest BCUT2D eigenvalue weighted by Crippen LogP contribution is -2.10. The molecule has 0 bridgehead atoms. The molecule has 1 rings (SSSR count). The largest absolute Gasteiger partial charge is 0.464 e. The number of nitrogens with zero attached hydrogens (tertiary/aromatic N) is 2. The Morgan fingerprint density at radius 2 is 2.38 bits per heavy atom. The number of aromatic nitrogens is 1. The molecule has 0 unspecified atom stereocenters. The number of carbonyl (C=O) groups excluding carboxylic acids is 1. The number of rotatable bonds is 3. The summed E-state index contributed by atoms with van der Waals surface area (Å²) in [6.07, 6.45) is 0. The third-order valence-electron chi connectivity index (χ3n) is 1.70. The van der Waals surface area contributed by atoms with Gasteiger partial charge in [-0.15, -0.1) is 0 Å². The maximum absolute atomic E-state index is 11.2. The summed E-state index contributed by atoms with van der Waals surface area (Å²) in [7, 11) is 1.31. The van der Waals surface area contributed by atoms with Gasteiger partial charge in [0.05, 0.1) is 12.8 Å². The molecule has 4 N–H and O–H groups in total. The standard InChI is InChI=1S/C9H12N4O2S/c1-15-8(14)7-4-2-3-6(12-7)5-16-9(10)13-11/h2-4H,5,11H2,1H3,(H2,10,13). The average Bonchev–Trinajstić information content (AvgIpc) is 2.35. The van der Waals surface area contributed by atoms with Gasteiger partial charge in [0, 0.05) is 5.75 Å². The van der Waals surface area contributed by atoms with Crippen LogP contribution in [0, 0.1) is 0 Å². The summed E-state index contributed by atoms with van der Waals surface area (Å²) in [6, 6.07) is 5.09. The topological polar surface area (TPSA) is 104 Å². The van der Waals surface area contributed by atoms with Crippen LogP contribution in [0.2, 0.25) is 0 Å². The number of hydrogen-bond donors (Lipinski definition) is 2. The molecule has 0 saturated heterocycles. The zero-order valence-electron chi connectivity index (χ0n) is 8.71. The first-order valence-electron chi connectivity index (χ1n) is 4.37. The predicted octanol–water partition coefficient (Wildman–Crippen LogP) is 0.290. The summed E-state index contributed by atoms with van der Waals surface area (Å²) in [4.78, 5) is 15.3. The van der Waals surface area contributed by atoms with Crippen LogP contribution in [-0.4, -0.2) is 23.2 Å². The molecule has 0 aliphatic carbocycles. The van der Waals surface area contributed by atoms with Gasteiger partial charge in [0.1, 0.15) is 5.69 Å². The minimum atomic E-state index is -0.465. The van der Waals surface area contributed by atoms with Crippen LogP contribution in [0.5, 0.6) is 0 Å². The highest BCUT2D eigenvalue weighted by molar-refractivity contribution is 8.13. The number of nitrogens with two attached hydrogens (primary N) is 2. The van der Waals surface area contributed by atoms with E-state index in [1.165, 1.54) is 18.9 Å². The van der Waals surface area contributed by atoms with Gasteiger partial charge < -0.3 is 16.3 Å². The van der Waals surface area contributed by atoms with Crippen molar-refractivity contribution in [1.82, 2.24) is 4.98 Å². The van der Waals surface area contributed by atoms with Crippen LogP contribution < -0.4 is 11.6 Å². The highest BCUT2D eigenvalue weighted by Gasteiger charge is 2.07. The van der Waals surface area contributed by atoms with Gasteiger partial charge in [-0.05, 0) is 12.1 Å². The first kappa shape index (κ1) is 12.3. The number of hydrazone groups is 1. The highest BCUT2D eigenvalue weighted by atomic mass is 32.2. The van der Waals surface area contributed by atoms with E-state index in [1.807, 2.05) is 0 Å². The molecular formula is C9H12N4O2S. The molecule has 1 aromatic heterocycles. The second-order valence-electron chi connectivity index (χ2n) is 2.76. The first-order valence-corrected chi connectivity index (χ1v) is 5.36. The Bertz CT molecular complexity index is 408. The van der Waals surface area contributed by atoms with E-state index < -0.39 is 5.97 Å². The van der Waals surface area contributed by atoms with Crippen LogP contribution in [0.15, 0.2) is 23.3 Å². The highest BCUT2D eigenvalue weighted by Crippen LogP contribution is 2.10. The Morgan fingerprint density at radius 1 is 1.62 bits per heavy atom. The van der Waals surface area contributed by atoms with Crippen molar-refractivity contribution in [3.8, 4) is 0 Å². The summed E-state index contributed by atoms with van der Waals surface area (Å²) in [5, 5.41) is 3.58. The third kappa shape index (κ3) is 3.43. The van der Waals surface area contributed by atoms with Crippen molar-refractivity contribution >= 4 is 22.9 Å². The van der Waals surface area contributed by atoms with E-state index in [4.69, 9.17) is 11.6 Å². The number of ether oxygens (including phenoxy) is 1. The molecule has 1 aromatic rings. The molecule has 0 spiro atoms. The lowest BCUT2D eigenvalue weighted by Gasteiger charge is -2.02. The van der Waals surface area contributed by atoms with E-state index >= 15 is 0 Å². The molecular weight excluding hydrogens is 228 g/mol. The molecule has 6 nitrogen and oxygen atoms in total. The maximum Gasteiger partial charge on any atom is 0.356 e. The molecule has 7 heteroatoms. The third-order valence-corrected chi connectivity index (χ3v) is 2.54. The fourth-order valence-corrected chi connectivity index (χ4v) is 1.49. The number of amidine groups is 1. The van der Waals surface area contributed by atoms with Crippen molar-refractivity contribution in [3.05, 3.63) is 29.6 Å². The second kappa shape index (κ2) is 5.96. The van der Waals surface area contributed by atoms with Crippen molar-refractivity contribution in [1.29, 1.82) is 0 Å². The number of esters is 1. The molecule has 1 heterocycles. The van der Waals surface area contributed by atoms with Gasteiger partial charge >= 0.3 is 5.97 Å². The van der Waals surface area contributed by atoms with E-state index in [0.717, 1.165) is 0 Å². The number of carbonyl (C=O) groups is 1. The molecule has 0 fully saturated rings. The fourth-order valence-electron chi connectivity index (χ4n) is 0.963. The first-order chi connectivity index (χ1) is 7.67. The second-order valence-corrected chi connectivity index (χ2v) is 3.76. The van der Waals surface area contributed by atoms with E-state index in [-0.39, 0.29) is 10.9 Å². The lowest BCUT2D eigenvalue weighted by atomic mass is 10.3. The Hall–Kier alpha value is -1.76. The quantitative estimate of drug-likeness (QED) is 0.259. The molecule has 0 atom stereocenters. The Morgan fingerprint density at radius 3 is 3.00 bits per heavy atom. The van der Waals surface area contributed by atoms with Crippen molar-refractivity contribution < 1.29 is 9.53 Å². The minimum absolute atomic E-state index is 0.267. The molecule has 0 amide bonds. The Kier molecular flexibility index (Phi) is 4.59. The summed E-state index contributed by atoms with van der Waals surface area (Å²) in [6.45, 7) is 0. The molecule has 0 aliphatic rings. The molecule has 86 valence electrons. The Labute approximate surface area is 97.1 Å². The zero-order chi connectivity index (χ0) is 12.0. The van der Waals surface area contributed by atoms with Gasteiger partial charge in [-0.25, -0.2) is 9.78 Å². The monoisotopic (exact) mass is 240 g/mol. The van der Waals surface area contributed by atoms with Gasteiger partial charge in [-0.3, -0.25) is 0 Å². The smallest absolute Gasteiger partial charge is 0.356 e. The summed E-state index contributed by atoms with van der Waals surface area (Å²) in [5.74, 6) is 5.02. The maximum atomic E-state index is 11.2. The van der Waals surface area contributed by atoms with Crippen molar-refractivity contribution in [2.75, 3.05) is 7.11 Å². The lowest BCUT2D eigenvalue weighted by molar-refractivity contribution is 0.0594. The van der Waals surface area contributed by atoms with Crippen LogP contribution in [0.4, 0.5) is 0 Å². The van der Waals surface area contributed by atoms with Gasteiger partial charge in [-0.2, -0.15) is 5.10 Å². The molecule has 0 radical (unpaired) electrons.